The van der Waals surface area contributed by atoms with E-state index in [1.54, 1.807) is 6.92 Å². The molecule has 0 aliphatic carbocycles. The molecule has 0 amide bonds. The first-order valence-corrected chi connectivity index (χ1v) is 4.77. The van der Waals surface area contributed by atoms with Crippen molar-refractivity contribution in [2.75, 3.05) is 6.61 Å². The lowest BCUT2D eigenvalue weighted by Crippen LogP contribution is -2.10. The van der Waals surface area contributed by atoms with Crippen LogP contribution < -0.4 is 0 Å². The topological polar surface area (TPSA) is 26.3 Å². The Bertz CT molecular complexity index is 121. The molecule has 0 N–H and O–H groups in total. The van der Waals surface area contributed by atoms with Crippen molar-refractivity contribution in [3.05, 3.63) is 0 Å². The Morgan fingerprint density at radius 1 is 1.50 bits per heavy atom. The maximum absolute atomic E-state index is 10.6. The Morgan fingerprint density at radius 2 is 2.17 bits per heavy atom. The molecule has 2 heteroatoms. The van der Waals surface area contributed by atoms with Crippen molar-refractivity contribution < 1.29 is 9.53 Å². The predicted molar refractivity (Wildman–Crippen MR) is 50.2 cm³/mol. The van der Waals surface area contributed by atoms with Gasteiger partial charge in [0.15, 0.2) is 0 Å². The number of unbranched alkanes of at least 4 members (excludes halogenated alkanes) is 1. The average Bonchev–Trinajstić information content (AvgIpc) is 2.01. The molecule has 0 aliphatic rings. The average molecular weight is 172 g/mol. The van der Waals surface area contributed by atoms with Crippen LogP contribution in [0.4, 0.5) is 0 Å². The van der Waals surface area contributed by atoms with Crippen molar-refractivity contribution in [3.8, 4) is 0 Å². The van der Waals surface area contributed by atoms with Gasteiger partial charge in [-0.2, -0.15) is 0 Å². The minimum atomic E-state index is 0.237. The van der Waals surface area contributed by atoms with E-state index in [1.807, 2.05) is 6.92 Å². The molecule has 0 aliphatic heterocycles. The normalized spacial score (nSPS) is 12.9. The first kappa shape index (κ1) is 11.6. The standard InChI is InChI=1S/C10H20O2/c1-4-5-8-12-10(3)7-6-9(2)11/h10H,4-8H2,1-3H3. The molecule has 2 nitrogen and oxygen atoms in total. The minimum Gasteiger partial charge on any atom is -0.378 e. The molecule has 0 aromatic carbocycles. The zero-order valence-electron chi connectivity index (χ0n) is 8.43. The Balaban J connectivity index is 3.21. The number of carbonyl (C=O) groups excluding carboxylic acids is 1. The van der Waals surface area contributed by atoms with E-state index in [2.05, 4.69) is 6.92 Å². The van der Waals surface area contributed by atoms with Gasteiger partial charge in [0.05, 0.1) is 6.10 Å². The number of hydrogen-bond acceptors (Lipinski definition) is 2. The third-order valence-corrected chi connectivity index (χ3v) is 1.80. The fourth-order valence-corrected chi connectivity index (χ4v) is 0.919. The van der Waals surface area contributed by atoms with Crippen LogP contribution in [0.3, 0.4) is 0 Å². The molecule has 1 atom stereocenters. The Morgan fingerprint density at radius 3 is 2.67 bits per heavy atom. The van der Waals surface area contributed by atoms with Crippen LogP contribution in [0.25, 0.3) is 0 Å². The van der Waals surface area contributed by atoms with Gasteiger partial charge in [-0.15, -0.1) is 0 Å². The number of ketones is 1. The van der Waals surface area contributed by atoms with Gasteiger partial charge in [0.25, 0.3) is 0 Å². The summed E-state index contributed by atoms with van der Waals surface area (Å²) in [5.74, 6) is 0.251. The molecule has 0 aromatic rings. The monoisotopic (exact) mass is 172 g/mol. The molecule has 0 saturated heterocycles. The fraction of sp³-hybridized carbons (Fsp3) is 0.900. The van der Waals surface area contributed by atoms with Crippen LogP contribution in [0.15, 0.2) is 0 Å². The van der Waals surface area contributed by atoms with E-state index in [0.717, 1.165) is 19.4 Å². The zero-order chi connectivity index (χ0) is 9.40. The molecule has 0 radical (unpaired) electrons. The van der Waals surface area contributed by atoms with E-state index in [4.69, 9.17) is 4.74 Å². The summed E-state index contributed by atoms with van der Waals surface area (Å²) in [7, 11) is 0. The summed E-state index contributed by atoms with van der Waals surface area (Å²) in [6, 6.07) is 0. The van der Waals surface area contributed by atoms with Gasteiger partial charge in [0.2, 0.25) is 0 Å². The van der Waals surface area contributed by atoms with Crippen LogP contribution in [0, 0.1) is 0 Å². The van der Waals surface area contributed by atoms with Crippen LogP contribution >= 0.6 is 0 Å². The Hall–Kier alpha value is -0.370. The zero-order valence-corrected chi connectivity index (χ0v) is 8.43. The van der Waals surface area contributed by atoms with Gasteiger partial charge in [-0.05, 0) is 26.7 Å². The van der Waals surface area contributed by atoms with Gasteiger partial charge in [0, 0.05) is 13.0 Å². The third kappa shape index (κ3) is 7.73. The molecule has 0 rings (SSSR count). The fourth-order valence-electron chi connectivity index (χ4n) is 0.919. The molecule has 0 saturated carbocycles. The largest absolute Gasteiger partial charge is 0.378 e. The Kier molecular flexibility index (Phi) is 7.06. The lowest BCUT2D eigenvalue weighted by atomic mass is 10.2. The van der Waals surface area contributed by atoms with E-state index in [9.17, 15) is 4.79 Å². The minimum absolute atomic E-state index is 0.237. The van der Waals surface area contributed by atoms with Crippen LogP contribution in [0.1, 0.15) is 46.5 Å². The number of carbonyl (C=O) groups is 1. The summed E-state index contributed by atoms with van der Waals surface area (Å²) in [4.78, 5) is 10.6. The molecular formula is C10H20O2. The second-order valence-corrected chi connectivity index (χ2v) is 3.28. The van der Waals surface area contributed by atoms with Gasteiger partial charge in [0.1, 0.15) is 5.78 Å². The van der Waals surface area contributed by atoms with Crippen LogP contribution in [0.5, 0.6) is 0 Å². The van der Waals surface area contributed by atoms with Gasteiger partial charge in [-0.25, -0.2) is 0 Å². The smallest absolute Gasteiger partial charge is 0.129 e. The SMILES string of the molecule is CCCCOC(C)CCC(C)=O. The van der Waals surface area contributed by atoms with Crippen LogP contribution in [-0.2, 0) is 9.53 Å². The van der Waals surface area contributed by atoms with E-state index < -0.39 is 0 Å². The quantitative estimate of drug-likeness (QED) is 0.552. The number of ether oxygens (including phenoxy) is 1. The van der Waals surface area contributed by atoms with E-state index >= 15 is 0 Å². The van der Waals surface area contributed by atoms with Crippen molar-refractivity contribution in [1.82, 2.24) is 0 Å². The summed E-state index contributed by atoms with van der Waals surface area (Å²) in [6.45, 7) is 6.62. The van der Waals surface area contributed by atoms with Crippen molar-refractivity contribution in [1.29, 1.82) is 0 Å². The molecule has 72 valence electrons. The van der Waals surface area contributed by atoms with Crippen molar-refractivity contribution >= 4 is 5.78 Å². The highest BCUT2D eigenvalue weighted by atomic mass is 16.5. The molecule has 0 heterocycles. The maximum Gasteiger partial charge on any atom is 0.129 e. The first-order chi connectivity index (χ1) is 5.66. The number of hydrogen-bond donors (Lipinski definition) is 0. The summed E-state index contributed by atoms with van der Waals surface area (Å²) in [5, 5.41) is 0. The summed E-state index contributed by atoms with van der Waals surface area (Å²) in [6.07, 6.45) is 4.02. The van der Waals surface area contributed by atoms with Gasteiger partial charge < -0.3 is 9.53 Å². The van der Waals surface area contributed by atoms with Crippen molar-refractivity contribution in [2.24, 2.45) is 0 Å². The van der Waals surface area contributed by atoms with Gasteiger partial charge in [-0.1, -0.05) is 13.3 Å². The van der Waals surface area contributed by atoms with Crippen molar-refractivity contribution in [3.63, 3.8) is 0 Å². The summed E-state index contributed by atoms with van der Waals surface area (Å²) >= 11 is 0. The Labute approximate surface area is 75.3 Å². The molecule has 1 unspecified atom stereocenters. The van der Waals surface area contributed by atoms with E-state index in [1.165, 1.54) is 6.42 Å². The van der Waals surface area contributed by atoms with E-state index in [-0.39, 0.29) is 11.9 Å². The molecule has 0 spiro atoms. The number of Topliss-reactive ketones (excluding diaryl/α,β-unsaturated/α-hetero) is 1. The van der Waals surface area contributed by atoms with Crippen LogP contribution in [-0.4, -0.2) is 18.5 Å². The summed E-state index contributed by atoms with van der Waals surface area (Å²) in [5.41, 5.74) is 0. The molecular weight excluding hydrogens is 152 g/mol. The highest BCUT2D eigenvalue weighted by Gasteiger charge is 2.02. The van der Waals surface area contributed by atoms with Gasteiger partial charge in [-0.3, -0.25) is 0 Å². The van der Waals surface area contributed by atoms with E-state index in [0.29, 0.717) is 6.42 Å². The highest BCUT2D eigenvalue weighted by Crippen LogP contribution is 2.03. The molecule has 12 heavy (non-hydrogen) atoms. The first-order valence-electron chi connectivity index (χ1n) is 4.77. The lowest BCUT2D eigenvalue weighted by molar-refractivity contribution is -0.117. The summed E-state index contributed by atoms with van der Waals surface area (Å²) < 4.78 is 5.48. The molecule has 0 bridgehead atoms. The van der Waals surface area contributed by atoms with Gasteiger partial charge >= 0.3 is 0 Å². The second kappa shape index (κ2) is 7.29. The molecule has 0 fully saturated rings. The molecule has 0 aromatic heterocycles. The second-order valence-electron chi connectivity index (χ2n) is 3.28. The highest BCUT2D eigenvalue weighted by molar-refractivity contribution is 5.75. The predicted octanol–water partition coefficient (Wildman–Crippen LogP) is 2.56. The third-order valence-electron chi connectivity index (χ3n) is 1.80. The lowest BCUT2D eigenvalue weighted by Gasteiger charge is -2.11. The number of rotatable bonds is 7. The van der Waals surface area contributed by atoms with Crippen molar-refractivity contribution in [2.45, 2.75) is 52.6 Å². The maximum atomic E-state index is 10.6. The van der Waals surface area contributed by atoms with Crippen LogP contribution in [0.2, 0.25) is 0 Å².